The van der Waals surface area contributed by atoms with Crippen LogP contribution in [0.15, 0.2) is 24.7 Å². The molecule has 4 heterocycles. The average molecular weight is 329 g/mol. The van der Waals surface area contributed by atoms with E-state index >= 15 is 0 Å². The second-order valence-corrected chi connectivity index (χ2v) is 6.46. The summed E-state index contributed by atoms with van der Waals surface area (Å²) >= 11 is 0. The van der Waals surface area contributed by atoms with Crippen molar-refractivity contribution >= 4 is 17.5 Å². The van der Waals surface area contributed by atoms with Crippen LogP contribution < -0.4 is 5.32 Å². The van der Waals surface area contributed by atoms with Crippen LogP contribution in [0.3, 0.4) is 0 Å². The van der Waals surface area contributed by atoms with Crippen LogP contribution in [-0.2, 0) is 9.53 Å². The Kier molecular flexibility index (Phi) is 3.49. The molecule has 8 nitrogen and oxygen atoms in total. The van der Waals surface area contributed by atoms with Crippen LogP contribution in [-0.4, -0.2) is 64.7 Å². The fourth-order valence-electron chi connectivity index (χ4n) is 3.86. The lowest BCUT2D eigenvalue weighted by Gasteiger charge is -2.36. The summed E-state index contributed by atoms with van der Waals surface area (Å²) in [6.07, 6.45) is 3.93. The number of hydrogen-bond acceptors (Lipinski definition) is 5. The number of carbonyl (C=O) groups excluding carboxylic acids is 2. The van der Waals surface area contributed by atoms with Crippen molar-refractivity contribution in [1.82, 2.24) is 24.8 Å². The van der Waals surface area contributed by atoms with Crippen LogP contribution in [0.4, 0.5) is 0 Å². The van der Waals surface area contributed by atoms with Gasteiger partial charge < -0.3 is 15.0 Å². The predicted octanol–water partition coefficient (Wildman–Crippen LogP) is -0.0460. The van der Waals surface area contributed by atoms with Gasteiger partial charge in [0.15, 0.2) is 5.65 Å². The largest absolute Gasteiger partial charge is 0.381 e. The number of ether oxygens (including phenoxy) is 1. The lowest BCUT2D eigenvalue weighted by atomic mass is 9.73. The quantitative estimate of drug-likeness (QED) is 0.835. The first kappa shape index (κ1) is 15.1. The first-order valence-corrected chi connectivity index (χ1v) is 8.03. The molecule has 24 heavy (non-hydrogen) atoms. The normalized spacial score (nSPS) is 26.4. The Hall–Kier alpha value is -2.48. The molecule has 1 N–H and O–H groups in total. The molecule has 0 radical (unpaired) electrons. The van der Waals surface area contributed by atoms with Crippen molar-refractivity contribution in [2.24, 2.45) is 11.3 Å². The van der Waals surface area contributed by atoms with E-state index in [-0.39, 0.29) is 17.7 Å². The van der Waals surface area contributed by atoms with Crippen LogP contribution in [0.25, 0.3) is 5.65 Å². The van der Waals surface area contributed by atoms with Crippen molar-refractivity contribution in [2.75, 3.05) is 33.4 Å². The molecule has 2 amide bonds. The summed E-state index contributed by atoms with van der Waals surface area (Å²) in [6, 6.07) is 3.51. The first-order chi connectivity index (χ1) is 11.6. The van der Waals surface area contributed by atoms with Gasteiger partial charge in [-0.3, -0.25) is 14.0 Å². The van der Waals surface area contributed by atoms with E-state index in [0.717, 1.165) is 0 Å². The van der Waals surface area contributed by atoms with E-state index in [9.17, 15) is 9.59 Å². The maximum absolute atomic E-state index is 12.9. The summed E-state index contributed by atoms with van der Waals surface area (Å²) in [5.74, 6) is -0.0440. The molecule has 126 valence electrons. The highest BCUT2D eigenvalue weighted by Gasteiger charge is 2.54. The Morgan fingerprint density at radius 1 is 1.42 bits per heavy atom. The monoisotopic (exact) mass is 329 g/mol. The van der Waals surface area contributed by atoms with Crippen LogP contribution in [0.1, 0.15) is 16.8 Å². The molecular formula is C16H19N5O3. The number of likely N-dealkylation sites (tertiary alicyclic amines) is 1. The van der Waals surface area contributed by atoms with Gasteiger partial charge in [0.05, 0.1) is 17.6 Å². The fourth-order valence-corrected chi connectivity index (χ4v) is 3.86. The zero-order chi connectivity index (χ0) is 16.7. The minimum Gasteiger partial charge on any atom is -0.381 e. The maximum Gasteiger partial charge on any atom is 0.255 e. The molecule has 0 unspecified atom stereocenters. The minimum absolute atomic E-state index is 0.000335. The van der Waals surface area contributed by atoms with Crippen molar-refractivity contribution in [3.05, 3.63) is 30.2 Å². The molecule has 0 spiro atoms. The molecule has 2 aliphatic heterocycles. The molecule has 2 atom stereocenters. The highest BCUT2D eigenvalue weighted by Crippen LogP contribution is 2.42. The number of amides is 2. The number of nitrogens with one attached hydrogen (secondary N) is 1. The van der Waals surface area contributed by atoms with E-state index in [1.54, 1.807) is 41.0 Å². The molecule has 2 fully saturated rings. The number of carbonyl (C=O) groups is 2. The lowest BCUT2D eigenvalue weighted by Crippen LogP contribution is -2.49. The third-order valence-electron chi connectivity index (χ3n) is 5.21. The van der Waals surface area contributed by atoms with Gasteiger partial charge in [-0.25, -0.2) is 0 Å². The maximum atomic E-state index is 12.9. The molecule has 2 saturated heterocycles. The van der Waals surface area contributed by atoms with Crippen molar-refractivity contribution in [2.45, 2.75) is 6.42 Å². The lowest BCUT2D eigenvalue weighted by molar-refractivity contribution is -0.138. The van der Waals surface area contributed by atoms with Gasteiger partial charge in [-0.05, 0) is 18.6 Å². The topological polar surface area (TPSA) is 88.8 Å². The number of hydrogen-bond donors (Lipinski definition) is 1. The van der Waals surface area contributed by atoms with Gasteiger partial charge in [-0.2, -0.15) is 0 Å². The van der Waals surface area contributed by atoms with E-state index in [0.29, 0.717) is 43.9 Å². The van der Waals surface area contributed by atoms with E-state index in [1.165, 1.54) is 0 Å². The molecule has 4 rings (SSSR count). The molecule has 8 heteroatoms. The summed E-state index contributed by atoms with van der Waals surface area (Å²) in [7, 11) is 1.65. The fraction of sp³-hybridized carbons (Fsp3) is 0.500. The van der Waals surface area contributed by atoms with Crippen molar-refractivity contribution < 1.29 is 14.3 Å². The summed E-state index contributed by atoms with van der Waals surface area (Å²) < 4.78 is 7.26. The van der Waals surface area contributed by atoms with E-state index in [1.807, 2.05) is 0 Å². The Labute approximate surface area is 138 Å². The van der Waals surface area contributed by atoms with Gasteiger partial charge in [-0.1, -0.05) is 0 Å². The molecule has 0 aliphatic carbocycles. The van der Waals surface area contributed by atoms with Crippen LogP contribution in [0, 0.1) is 11.3 Å². The van der Waals surface area contributed by atoms with Gasteiger partial charge in [0.1, 0.15) is 6.33 Å². The molecule has 2 aromatic heterocycles. The summed E-state index contributed by atoms with van der Waals surface area (Å²) in [5.41, 5.74) is 0.717. The Morgan fingerprint density at radius 3 is 3.12 bits per heavy atom. The Bertz CT molecular complexity index is 804. The molecule has 0 aromatic carbocycles. The average Bonchev–Trinajstić information content (AvgIpc) is 3.24. The second kappa shape index (κ2) is 5.55. The number of nitrogens with zero attached hydrogens (tertiary/aromatic N) is 4. The Balaban J connectivity index is 1.62. The molecular weight excluding hydrogens is 310 g/mol. The SMILES string of the molecule is CNC(=O)[C@]12CCOC[C@H]1CN(C(=O)c1ccc3nncn3c1)C2. The highest BCUT2D eigenvalue weighted by molar-refractivity contribution is 5.95. The third-order valence-corrected chi connectivity index (χ3v) is 5.21. The smallest absolute Gasteiger partial charge is 0.255 e. The van der Waals surface area contributed by atoms with Crippen molar-refractivity contribution in [3.8, 4) is 0 Å². The van der Waals surface area contributed by atoms with E-state index in [2.05, 4.69) is 15.5 Å². The van der Waals surface area contributed by atoms with Crippen molar-refractivity contribution in [3.63, 3.8) is 0 Å². The number of pyridine rings is 1. The number of aromatic nitrogens is 3. The van der Waals surface area contributed by atoms with Gasteiger partial charge in [0.2, 0.25) is 5.91 Å². The van der Waals surface area contributed by atoms with Gasteiger partial charge in [0.25, 0.3) is 5.91 Å². The predicted molar refractivity (Wildman–Crippen MR) is 84.3 cm³/mol. The van der Waals surface area contributed by atoms with Crippen molar-refractivity contribution in [1.29, 1.82) is 0 Å². The minimum atomic E-state index is -0.538. The number of rotatable bonds is 2. The van der Waals surface area contributed by atoms with E-state index in [4.69, 9.17) is 4.74 Å². The summed E-state index contributed by atoms with van der Waals surface area (Å²) in [4.78, 5) is 27.2. The zero-order valence-corrected chi connectivity index (χ0v) is 13.4. The van der Waals surface area contributed by atoms with Crippen LogP contribution >= 0.6 is 0 Å². The molecule has 2 aromatic rings. The molecule has 0 saturated carbocycles. The zero-order valence-electron chi connectivity index (χ0n) is 13.4. The van der Waals surface area contributed by atoms with Gasteiger partial charge in [-0.15, -0.1) is 10.2 Å². The van der Waals surface area contributed by atoms with Gasteiger partial charge >= 0.3 is 0 Å². The third kappa shape index (κ3) is 2.17. The Morgan fingerprint density at radius 2 is 2.29 bits per heavy atom. The first-order valence-electron chi connectivity index (χ1n) is 8.03. The molecule has 2 aliphatic rings. The second-order valence-electron chi connectivity index (χ2n) is 6.46. The highest BCUT2D eigenvalue weighted by atomic mass is 16.5. The van der Waals surface area contributed by atoms with Crippen LogP contribution in [0.2, 0.25) is 0 Å². The summed E-state index contributed by atoms with van der Waals surface area (Å²) in [5, 5.41) is 10.5. The van der Waals surface area contributed by atoms with Crippen LogP contribution in [0.5, 0.6) is 0 Å². The van der Waals surface area contributed by atoms with E-state index < -0.39 is 5.41 Å². The van der Waals surface area contributed by atoms with Gasteiger partial charge in [0, 0.05) is 38.9 Å². The molecule has 0 bridgehead atoms. The number of fused-ring (bicyclic) bond motifs is 2. The summed E-state index contributed by atoms with van der Waals surface area (Å²) in [6.45, 7) is 2.03. The standard InChI is InChI=1S/C16H19N5O3/c1-17-15(23)16-4-5-24-8-12(16)7-20(9-16)14(22)11-2-3-13-19-18-10-21(13)6-11/h2-3,6,10,12H,4-5,7-9H2,1H3,(H,17,23)/t12-,16+/m1/s1.